The second-order valence-electron chi connectivity index (χ2n) is 4.45. The molecule has 2 rings (SSSR count). The Morgan fingerprint density at radius 2 is 1.90 bits per heavy atom. The van der Waals surface area contributed by atoms with Gasteiger partial charge in [0.1, 0.15) is 5.69 Å². The van der Waals surface area contributed by atoms with Crippen molar-refractivity contribution in [3.63, 3.8) is 0 Å². The minimum Gasteiger partial charge on any atom is -0.399 e. The second kappa shape index (κ2) is 5.79. The lowest BCUT2D eigenvalue weighted by molar-refractivity contribution is -0.384. The number of nitrogen functional groups attached to an aromatic ring is 1. The van der Waals surface area contributed by atoms with Gasteiger partial charge in [0.05, 0.1) is 4.92 Å². The first-order chi connectivity index (χ1) is 9.47. The number of anilines is 2. The Bertz CT molecular complexity index is 629. The fourth-order valence-electron chi connectivity index (χ4n) is 1.88. The van der Waals surface area contributed by atoms with Gasteiger partial charge in [0, 0.05) is 22.8 Å². The van der Waals surface area contributed by atoms with E-state index in [2.05, 4.69) is 5.32 Å². The van der Waals surface area contributed by atoms with Gasteiger partial charge in [-0.15, -0.1) is 0 Å². The van der Waals surface area contributed by atoms with Crippen LogP contribution in [0.4, 0.5) is 17.1 Å². The quantitative estimate of drug-likeness (QED) is 0.507. The van der Waals surface area contributed by atoms with Gasteiger partial charge in [0.2, 0.25) is 0 Å². The molecule has 3 N–H and O–H groups in total. The minimum absolute atomic E-state index is 0.0419. The van der Waals surface area contributed by atoms with Gasteiger partial charge in [-0.25, -0.2) is 0 Å². The van der Waals surface area contributed by atoms with Gasteiger partial charge in [-0.05, 0) is 36.8 Å². The van der Waals surface area contributed by atoms with E-state index in [4.69, 9.17) is 17.3 Å². The first kappa shape index (κ1) is 14.1. The van der Waals surface area contributed by atoms with Crippen LogP contribution in [0.15, 0.2) is 42.5 Å². The van der Waals surface area contributed by atoms with E-state index in [1.54, 1.807) is 24.3 Å². The molecule has 0 bridgehead atoms. The van der Waals surface area contributed by atoms with Crippen molar-refractivity contribution < 1.29 is 4.92 Å². The largest absolute Gasteiger partial charge is 0.399 e. The van der Waals surface area contributed by atoms with Gasteiger partial charge in [0.25, 0.3) is 5.69 Å². The number of rotatable bonds is 4. The van der Waals surface area contributed by atoms with Crippen LogP contribution >= 0.6 is 11.6 Å². The Kier molecular flexibility index (Phi) is 4.10. The van der Waals surface area contributed by atoms with Gasteiger partial charge in [-0.2, -0.15) is 0 Å². The highest BCUT2D eigenvalue weighted by Crippen LogP contribution is 2.30. The Labute approximate surface area is 121 Å². The molecule has 5 nitrogen and oxygen atoms in total. The molecular weight excluding hydrogens is 278 g/mol. The zero-order valence-corrected chi connectivity index (χ0v) is 11.6. The number of benzene rings is 2. The standard InChI is InChI=1S/C14H14ClN3O2/c1-9(10-2-5-12(16)6-3-10)17-13-7-4-11(15)8-14(13)18(19)20/h2-9,17H,16H2,1H3. The molecule has 0 aliphatic heterocycles. The Hall–Kier alpha value is -2.27. The SMILES string of the molecule is CC(Nc1ccc(Cl)cc1[N+](=O)[O-])c1ccc(N)cc1. The molecule has 0 radical (unpaired) electrons. The molecule has 104 valence electrons. The van der Waals surface area contributed by atoms with Crippen molar-refractivity contribution in [3.05, 3.63) is 63.2 Å². The molecule has 1 unspecified atom stereocenters. The summed E-state index contributed by atoms with van der Waals surface area (Å²) in [5.74, 6) is 0. The number of hydrogen-bond acceptors (Lipinski definition) is 4. The summed E-state index contributed by atoms with van der Waals surface area (Å²) >= 11 is 5.79. The van der Waals surface area contributed by atoms with E-state index in [-0.39, 0.29) is 11.7 Å². The molecule has 0 amide bonds. The highest BCUT2D eigenvalue weighted by atomic mass is 35.5. The predicted molar refractivity (Wildman–Crippen MR) is 81.0 cm³/mol. The second-order valence-corrected chi connectivity index (χ2v) is 4.89. The number of hydrogen-bond donors (Lipinski definition) is 2. The van der Waals surface area contributed by atoms with E-state index in [1.165, 1.54) is 6.07 Å². The van der Waals surface area contributed by atoms with Crippen molar-refractivity contribution in [3.8, 4) is 0 Å². The minimum atomic E-state index is -0.454. The van der Waals surface area contributed by atoms with E-state index in [1.807, 2.05) is 19.1 Å². The lowest BCUT2D eigenvalue weighted by Gasteiger charge is -2.16. The van der Waals surface area contributed by atoms with Crippen molar-refractivity contribution in [1.82, 2.24) is 0 Å². The fraction of sp³-hybridized carbons (Fsp3) is 0.143. The monoisotopic (exact) mass is 291 g/mol. The Morgan fingerprint density at radius 3 is 2.50 bits per heavy atom. The van der Waals surface area contributed by atoms with E-state index >= 15 is 0 Å². The van der Waals surface area contributed by atoms with Crippen LogP contribution in [-0.2, 0) is 0 Å². The van der Waals surface area contributed by atoms with Crippen molar-refractivity contribution in [2.75, 3.05) is 11.1 Å². The Morgan fingerprint density at radius 1 is 1.25 bits per heavy atom. The summed E-state index contributed by atoms with van der Waals surface area (Å²) in [7, 11) is 0. The van der Waals surface area contributed by atoms with Crippen molar-refractivity contribution in [2.24, 2.45) is 0 Å². The van der Waals surface area contributed by atoms with Crippen LogP contribution in [0, 0.1) is 10.1 Å². The molecule has 0 heterocycles. The van der Waals surface area contributed by atoms with Crippen molar-refractivity contribution in [1.29, 1.82) is 0 Å². The van der Waals surface area contributed by atoms with Crippen molar-refractivity contribution in [2.45, 2.75) is 13.0 Å². The van der Waals surface area contributed by atoms with Crippen LogP contribution in [0.5, 0.6) is 0 Å². The summed E-state index contributed by atoms with van der Waals surface area (Å²) in [5.41, 5.74) is 7.70. The average molecular weight is 292 g/mol. The number of nitrogens with one attached hydrogen (secondary N) is 1. The molecule has 2 aromatic rings. The number of nitrogens with two attached hydrogens (primary N) is 1. The van der Waals surface area contributed by atoms with Gasteiger partial charge in [-0.1, -0.05) is 23.7 Å². The van der Waals surface area contributed by atoms with E-state index in [0.29, 0.717) is 16.4 Å². The van der Waals surface area contributed by atoms with Crippen LogP contribution in [-0.4, -0.2) is 4.92 Å². The molecule has 0 saturated heterocycles. The zero-order chi connectivity index (χ0) is 14.7. The maximum absolute atomic E-state index is 11.0. The highest BCUT2D eigenvalue weighted by molar-refractivity contribution is 6.30. The number of nitrogens with zero attached hydrogens (tertiary/aromatic N) is 1. The lowest BCUT2D eigenvalue weighted by Crippen LogP contribution is -2.08. The van der Waals surface area contributed by atoms with Gasteiger partial charge in [0.15, 0.2) is 0 Å². The van der Waals surface area contributed by atoms with Crippen LogP contribution in [0.25, 0.3) is 0 Å². The molecule has 1 atom stereocenters. The third-order valence-electron chi connectivity index (χ3n) is 2.96. The molecule has 0 aliphatic rings. The Balaban J connectivity index is 2.25. The molecule has 2 aromatic carbocycles. The molecule has 0 saturated carbocycles. The maximum atomic E-state index is 11.0. The van der Waals surface area contributed by atoms with Crippen LogP contribution < -0.4 is 11.1 Å². The number of nitro benzene ring substituents is 1. The molecule has 6 heteroatoms. The normalized spacial score (nSPS) is 11.9. The van der Waals surface area contributed by atoms with Crippen LogP contribution in [0.3, 0.4) is 0 Å². The van der Waals surface area contributed by atoms with Crippen LogP contribution in [0.1, 0.15) is 18.5 Å². The number of halogens is 1. The molecule has 0 aliphatic carbocycles. The fourth-order valence-corrected chi connectivity index (χ4v) is 2.05. The third-order valence-corrected chi connectivity index (χ3v) is 3.20. The zero-order valence-electron chi connectivity index (χ0n) is 10.8. The molecule has 0 fully saturated rings. The smallest absolute Gasteiger partial charge is 0.293 e. The van der Waals surface area contributed by atoms with Crippen LogP contribution in [0.2, 0.25) is 5.02 Å². The summed E-state index contributed by atoms with van der Waals surface area (Å²) in [6.07, 6.45) is 0. The summed E-state index contributed by atoms with van der Waals surface area (Å²) < 4.78 is 0. The first-order valence-corrected chi connectivity index (χ1v) is 6.41. The third kappa shape index (κ3) is 3.19. The predicted octanol–water partition coefficient (Wildman–Crippen LogP) is 4.00. The molecule has 0 aromatic heterocycles. The van der Waals surface area contributed by atoms with Crippen molar-refractivity contribution >= 4 is 28.7 Å². The van der Waals surface area contributed by atoms with E-state index in [0.717, 1.165) is 5.56 Å². The van der Waals surface area contributed by atoms with E-state index in [9.17, 15) is 10.1 Å². The topological polar surface area (TPSA) is 81.2 Å². The summed E-state index contributed by atoms with van der Waals surface area (Å²) in [5, 5.41) is 14.5. The average Bonchev–Trinajstić information content (AvgIpc) is 2.41. The van der Waals surface area contributed by atoms with E-state index < -0.39 is 4.92 Å². The van der Waals surface area contributed by atoms with Gasteiger partial charge in [-0.3, -0.25) is 10.1 Å². The van der Waals surface area contributed by atoms with Gasteiger partial charge < -0.3 is 11.1 Å². The lowest BCUT2D eigenvalue weighted by atomic mass is 10.1. The highest BCUT2D eigenvalue weighted by Gasteiger charge is 2.16. The summed E-state index contributed by atoms with van der Waals surface area (Å²) in [6, 6.07) is 11.8. The molecule has 20 heavy (non-hydrogen) atoms. The first-order valence-electron chi connectivity index (χ1n) is 6.03. The van der Waals surface area contributed by atoms with Gasteiger partial charge >= 0.3 is 0 Å². The maximum Gasteiger partial charge on any atom is 0.293 e. The molecule has 0 spiro atoms. The molecular formula is C14H14ClN3O2. The summed E-state index contributed by atoms with van der Waals surface area (Å²) in [4.78, 5) is 10.6. The summed E-state index contributed by atoms with van der Waals surface area (Å²) in [6.45, 7) is 1.92. The number of nitro groups is 1.